The zero-order chi connectivity index (χ0) is 11.3. The van der Waals surface area contributed by atoms with Gasteiger partial charge >= 0.3 is 5.97 Å². The first-order valence-electron chi connectivity index (χ1n) is 4.67. The third-order valence-electron chi connectivity index (χ3n) is 2.18. The smallest absolute Gasteiger partial charge is 0.322 e. The number of nitrogens with one attached hydrogen (secondary N) is 1. The molecule has 0 bridgehead atoms. The van der Waals surface area contributed by atoms with Crippen LogP contribution in [-0.2, 0) is 9.36 Å². The van der Waals surface area contributed by atoms with E-state index in [0.717, 1.165) is 6.54 Å². The fourth-order valence-electron chi connectivity index (χ4n) is 1.44. The lowest BCUT2D eigenvalue weighted by Crippen LogP contribution is -2.54. The van der Waals surface area contributed by atoms with Gasteiger partial charge in [-0.2, -0.15) is 0 Å². The highest BCUT2D eigenvalue weighted by Gasteiger charge is 2.23. The molecular formula is C8H15N2O4P. The van der Waals surface area contributed by atoms with Crippen molar-refractivity contribution in [2.24, 2.45) is 0 Å². The van der Waals surface area contributed by atoms with Crippen molar-refractivity contribution in [3.63, 3.8) is 0 Å². The molecule has 1 aliphatic heterocycles. The van der Waals surface area contributed by atoms with E-state index in [4.69, 9.17) is 10.00 Å². The molecule has 0 amide bonds. The van der Waals surface area contributed by atoms with Crippen molar-refractivity contribution in [2.75, 3.05) is 26.2 Å². The zero-order valence-electron chi connectivity index (χ0n) is 8.22. The minimum Gasteiger partial charge on any atom is -0.480 e. The van der Waals surface area contributed by atoms with Gasteiger partial charge in [0.1, 0.15) is 6.04 Å². The SMILES string of the molecule is O=C(O)C1CN(CC=C[PH](=O)O)CCN1. The quantitative estimate of drug-likeness (QED) is 0.559. The Balaban J connectivity index is 2.36. The van der Waals surface area contributed by atoms with Gasteiger partial charge in [-0.3, -0.25) is 14.3 Å². The Morgan fingerprint density at radius 3 is 3.00 bits per heavy atom. The summed E-state index contributed by atoms with van der Waals surface area (Å²) in [5, 5.41) is 11.7. The van der Waals surface area contributed by atoms with Crippen molar-refractivity contribution in [1.29, 1.82) is 0 Å². The molecule has 0 radical (unpaired) electrons. The summed E-state index contributed by atoms with van der Waals surface area (Å²) < 4.78 is 10.4. The van der Waals surface area contributed by atoms with Gasteiger partial charge in [-0.05, 0) is 5.82 Å². The molecule has 15 heavy (non-hydrogen) atoms. The number of carboxylic acids is 1. The summed E-state index contributed by atoms with van der Waals surface area (Å²) in [5.41, 5.74) is 0. The maximum atomic E-state index is 10.7. The van der Waals surface area contributed by atoms with Crippen molar-refractivity contribution in [3.05, 3.63) is 11.9 Å². The molecule has 0 spiro atoms. The number of aliphatic carboxylic acids is 1. The van der Waals surface area contributed by atoms with Crippen LogP contribution in [0.5, 0.6) is 0 Å². The summed E-state index contributed by atoms with van der Waals surface area (Å²) in [7, 11) is -2.55. The van der Waals surface area contributed by atoms with Gasteiger partial charge in [0.05, 0.1) is 0 Å². The van der Waals surface area contributed by atoms with Crippen molar-refractivity contribution >= 4 is 14.0 Å². The number of piperazine rings is 1. The van der Waals surface area contributed by atoms with Crippen LogP contribution in [0.15, 0.2) is 11.9 Å². The number of carboxylic acid groups (broad SMARTS) is 1. The number of hydrogen-bond donors (Lipinski definition) is 3. The Kier molecular flexibility index (Phi) is 4.98. The minimum absolute atomic E-state index is 0.423. The van der Waals surface area contributed by atoms with Crippen molar-refractivity contribution in [3.8, 4) is 0 Å². The molecule has 0 aromatic rings. The first-order chi connectivity index (χ1) is 7.09. The predicted molar refractivity (Wildman–Crippen MR) is 56.2 cm³/mol. The third kappa shape index (κ3) is 4.57. The van der Waals surface area contributed by atoms with E-state index in [2.05, 4.69) is 5.32 Å². The molecule has 1 fully saturated rings. The lowest BCUT2D eigenvalue weighted by atomic mass is 10.2. The molecule has 86 valence electrons. The molecule has 1 saturated heterocycles. The minimum atomic E-state index is -2.55. The molecule has 2 unspecified atom stereocenters. The first kappa shape index (κ1) is 12.4. The van der Waals surface area contributed by atoms with Crippen LogP contribution in [0.25, 0.3) is 0 Å². The summed E-state index contributed by atoms with van der Waals surface area (Å²) >= 11 is 0. The molecule has 6 nitrogen and oxygen atoms in total. The van der Waals surface area contributed by atoms with Crippen LogP contribution in [0.4, 0.5) is 0 Å². The Morgan fingerprint density at radius 1 is 1.67 bits per heavy atom. The molecule has 1 heterocycles. The van der Waals surface area contributed by atoms with Gasteiger partial charge < -0.3 is 15.3 Å². The van der Waals surface area contributed by atoms with Gasteiger partial charge in [0.2, 0.25) is 8.03 Å². The monoisotopic (exact) mass is 234 g/mol. The first-order valence-corrected chi connectivity index (χ1v) is 6.11. The second-order valence-corrected chi connectivity index (χ2v) is 4.35. The Morgan fingerprint density at radius 2 is 2.40 bits per heavy atom. The molecule has 2 atom stereocenters. The van der Waals surface area contributed by atoms with E-state index in [-0.39, 0.29) is 0 Å². The predicted octanol–water partition coefficient (Wildman–Crippen LogP) is -0.674. The second kappa shape index (κ2) is 6.02. The molecular weight excluding hydrogens is 219 g/mol. The average molecular weight is 234 g/mol. The summed E-state index contributed by atoms with van der Waals surface area (Å²) in [4.78, 5) is 21.2. The van der Waals surface area contributed by atoms with Crippen LogP contribution in [-0.4, -0.2) is 53.1 Å². The van der Waals surface area contributed by atoms with E-state index in [0.29, 0.717) is 19.6 Å². The van der Waals surface area contributed by atoms with Crippen LogP contribution in [0.2, 0.25) is 0 Å². The Bertz CT molecular complexity index is 282. The number of hydrogen-bond acceptors (Lipinski definition) is 4. The van der Waals surface area contributed by atoms with Gasteiger partial charge in [0, 0.05) is 26.2 Å². The molecule has 0 aromatic heterocycles. The maximum Gasteiger partial charge on any atom is 0.322 e. The Labute approximate surface area is 88.4 Å². The lowest BCUT2D eigenvalue weighted by molar-refractivity contribution is -0.140. The highest BCUT2D eigenvalue weighted by molar-refractivity contribution is 7.41. The third-order valence-corrected chi connectivity index (χ3v) is 2.70. The summed E-state index contributed by atoms with van der Waals surface area (Å²) in [6.45, 7) is 2.31. The largest absolute Gasteiger partial charge is 0.480 e. The fraction of sp³-hybridized carbons (Fsp3) is 0.625. The Hall–Kier alpha value is -0.680. The summed E-state index contributed by atoms with van der Waals surface area (Å²) in [6.07, 6.45) is 1.60. The fourth-order valence-corrected chi connectivity index (χ4v) is 1.75. The molecule has 3 N–H and O–H groups in total. The number of rotatable bonds is 4. The average Bonchev–Trinajstić information content (AvgIpc) is 2.17. The van der Waals surface area contributed by atoms with Crippen molar-refractivity contribution < 1.29 is 19.4 Å². The maximum absolute atomic E-state index is 10.7. The molecule has 0 saturated carbocycles. The van der Waals surface area contributed by atoms with Crippen molar-refractivity contribution in [1.82, 2.24) is 10.2 Å². The van der Waals surface area contributed by atoms with Gasteiger partial charge in [-0.25, -0.2) is 0 Å². The van der Waals surface area contributed by atoms with E-state index < -0.39 is 20.0 Å². The van der Waals surface area contributed by atoms with Gasteiger partial charge in [0.25, 0.3) is 0 Å². The van der Waals surface area contributed by atoms with Gasteiger partial charge in [-0.15, -0.1) is 0 Å². The highest BCUT2D eigenvalue weighted by atomic mass is 31.1. The van der Waals surface area contributed by atoms with Gasteiger partial charge in [0.15, 0.2) is 0 Å². The van der Waals surface area contributed by atoms with Crippen LogP contribution >= 0.6 is 8.03 Å². The second-order valence-electron chi connectivity index (χ2n) is 3.35. The standard InChI is InChI=1S/C8H15N2O4P/c11-8(12)7-6-10(4-2-9-7)3-1-5-15(13)14/h1,5,7,9,15H,2-4,6H2,(H,11,12)(H,13,14). The molecule has 1 rings (SSSR count). The molecule has 1 aliphatic rings. The van der Waals surface area contributed by atoms with Crippen LogP contribution in [0, 0.1) is 0 Å². The van der Waals surface area contributed by atoms with E-state index in [1.165, 1.54) is 5.82 Å². The highest BCUT2D eigenvalue weighted by Crippen LogP contribution is 2.13. The van der Waals surface area contributed by atoms with Crippen LogP contribution in [0.3, 0.4) is 0 Å². The van der Waals surface area contributed by atoms with Gasteiger partial charge in [-0.1, -0.05) is 6.08 Å². The van der Waals surface area contributed by atoms with Crippen LogP contribution in [0.1, 0.15) is 0 Å². The van der Waals surface area contributed by atoms with E-state index in [9.17, 15) is 9.36 Å². The lowest BCUT2D eigenvalue weighted by Gasteiger charge is -2.30. The van der Waals surface area contributed by atoms with Crippen molar-refractivity contribution in [2.45, 2.75) is 6.04 Å². The topological polar surface area (TPSA) is 89.9 Å². The zero-order valence-corrected chi connectivity index (χ0v) is 9.22. The molecule has 0 aliphatic carbocycles. The number of nitrogens with zero attached hydrogens (tertiary/aromatic N) is 1. The number of carbonyl (C=O) groups is 1. The molecule has 7 heteroatoms. The van der Waals surface area contributed by atoms with E-state index in [1.54, 1.807) is 6.08 Å². The van der Waals surface area contributed by atoms with E-state index >= 15 is 0 Å². The summed E-state index contributed by atoms with van der Waals surface area (Å²) in [6, 6.07) is -0.543. The van der Waals surface area contributed by atoms with E-state index in [1.807, 2.05) is 4.90 Å². The normalized spacial score (nSPS) is 25.5. The van der Waals surface area contributed by atoms with Crippen LogP contribution < -0.4 is 5.32 Å². The molecule has 0 aromatic carbocycles. The summed E-state index contributed by atoms with van der Waals surface area (Å²) in [5.74, 6) is 0.391.